The average molecular weight is 293 g/mol. The number of carbonyl (C=O) groups is 1. The number of sulfonamides is 1. The van der Waals surface area contributed by atoms with Crippen molar-refractivity contribution in [2.24, 2.45) is 5.92 Å². The first-order valence-corrected chi connectivity index (χ1v) is 8.57. The molecule has 2 heterocycles. The van der Waals surface area contributed by atoms with Crippen molar-refractivity contribution < 1.29 is 13.2 Å². The van der Waals surface area contributed by atoms with Crippen LogP contribution in [-0.4, -0.2) is 30.6 Å². The summed E-state index contributed by atoms with van der Waals surface area (Å²) < 4.78 is 27.4. The van der Waals surface area contributed by atoms with Gasteiger partial charge in [0.2, 0.25) is 10.0 Å². The smallest absolute Gasteiger partial charge is 0.243 e. The predicted octanol–water partition coefficient (Wildman–Crippen LogP) is 2.21. The monoisotopic (exact) mass is 293 g/mol. The minimum atomic E-state index is -3.50. The number of benzene rings is 1. The third-order valence-electron chi connectivity index (χ3n) is 4.56. The number of hydrogen-bond acceptors (Lipinski definition) is 3. The molecule has 4 nitrogen and oxygen atoms in total. The second-order valence-corrected chi connectivity index (χ2v) is 7.60. The number of carbonyl (C=O) groups excluding carboxylic acids is 1. The number of piperidine rings is 2. The Balaban J connectivity index is 2.03. The van der Waals surface area contributed by atoms with Crippen molar-refractivity contribution in [3.8, 4) is 0 Å². The predicted molar refractivity (Wildman–Crippen MR) is 75.7 cm³/mol. The molecule has 0 unspecified atom stereocenters. The summed E-state index contributed by atoms with van der Waals surface area (Å²) >= 11 is 0. The maximum Gasteiger partial charge on any atom is 0.243 e. The normalized spacial score (nSPS) is 31.2. The van der Waals surface area contributed by atoms with E-state index < -0.39 is 10.0 Å². The van der Waals surface area contributed by atoms with Gasteiger partial charge in [-0.05, 0) is 25.0 Å². The Morgan fingerprint density at radius 3 is 2.55 bits per heavy atom. The van der Waals surface area contributed by atoms with E-state index in [0.717, 1.165) is 19.3 Å². The van der Waals surface area contributed by atoms with Gasteiger partial charge < -0.3 is 0 Å². The number of fused-ring (bicyclic) bond motifs is 2. The lowest BCUT2D eigenvalue weighted by Gasteiger charge is -2.47. The maximum absolute atomic E-state index is 12.9. The largest absolute Gasteiger partial charge is 0.299 e. The van der Waals surface area contributed by atoms with Crippen LogP contribution in [-0.2, 0) is 14.8 Å². The molecule has 0 N–H and O–H groups in total. The van der Waals surface area contributed by atoms with E-state index in [1.165, 1.54) is 0 Å². The standard InChI is InChI=1S/C15H19NO3S/c1-11-14-9-5-6-12(10-15(11)17)16(14)20(18,19)13-7-3-2-4-8-13/h2-4,7-8,11-12,14H,5-6,9-10H2,1H3/t11-,12+,14-/m1/s1. The summed E-state index contributed by atoms with van der Waals surface area (Å²) in [6.07, 6.45) is 2.95. The first-order valence-electron chi connectivity index (χ1n) is 7.13. The summed E-state index contributed by atoms with van der Waals surface area (Å²) in [4.78, 5) is 12.3. The van der Waals surface area contributed by atoms with Gasteiger partial charge in [-0.15, -0.1) is 0 Å². The highest BCUT2D eigenvalue weighted by atomic mass is 32.2. The second-order valence-electron chi connectivity index (χ2n) is 5.76. The molecule has 108 valence electrons. The van der Waals surface area contributed by atoms with E-state index in [1.807, 2.05) is 13.0 Å². The summed E-state index contributed by atoms with van der Waals surface area (Å²) in [5, 5.41) is 0. The van der Waals surface area contributed by atoms with Gasteiger partial charge in [0, 0.05) is 24.4 Å². The lowest BCUT2D eigenvalue weighted by Crippen LogP contribution is -2.58. The number of nitrogens with zero attached hydrogens (tertiary/aromatic N) is 1. The number of ketones is 1. The molecule has 2 saturated heterocycles. The minimum Gasteiger partial charge on any atom is -0.299 e. The third-order valence-corrected chi connectivity index (χ3v) is 6.56. The van der Waals surface area contributed by atoms with Crippen molar-refractivity contribution in [3.05, 3.63) is 30.3 Å². The quantitative estimate of drug-likeness (QED) is 0.840. The molecule has 2 fully saturated rings. The highest BCUT2D eigenvalue weighted by molar-refractivity contribution is 7.89. The van der Waals surface area contributed by atoms with E-state index in [4.69, 9.17) is 0 Å². The molecule has 1 aromatic rings. The van der Waals surface area contributed by atoms with Crippen molar-refractivity contribution >= 4 is 15.8 Å². The van der Waals surface area contributed by atoms with Gasteiger partial charge in [-0.2, -0.15) is 4.31 Å². The van der Waals surface area contributed by atoms with Crippen LogP contribution in [0, 0.1) is 5.92 Å². The van der Waals surface area contributed by atoms with Gasteiger partial charge in [-0.1, -0.05) is 31.5 Å². The van der Waals surface area contributed by atoms with E-state index in [1.54, 1.807) is 28.6 Å². The molecule has 0 amide bonds. The summed E-state index contributed by atoms with van der Waals surface area (Å²) in [5.74, 6) is 0.0178. The van der Waals surface area contributed by atoms with Crippen LogP contribution >= 0.6 is 0 Å². The van der Waals surface area contributed by atoms with Gasteiger partial charge in [0.25, 0.3) is 0 Å². The Morgan fingerprint density at radius 1 is 1.15 bits per heavy atom. The van der Waals surface area contributed by atoms with Crippen LogP contribution in [0.15, 0.2) is 35.2 Å². The van der Waals surface area contributed by atoms with Gasteiger partial charge in [0.15, 0.2) is 0 Å². The summed E-state index contributed by atoms with van der Waals surface area (Å²) in [5.41, 5.74) is 0. The molecule has 0 saturated carbocycles. The Hall–Kier alpha value is -1.20. The van der Waals surface area contributed by atoms with Crippen LogP contribution in [0.25, 0.3) is 0 Å². The molecule has 3 atom stereocenters. The van der Waals surface area contributed by atoms with Gasteiger partial charge in [-0.25, -0.2) is 8.42 Å². The van der Waals surface area contributed by atoms with Crippen LogP contribution in [0.4, 0.5) is 0 Å². The molecule has 0 radical (unpaired) electrons. The fourth-order valence-corrected chi connectivity index (χ4v) is 5.43. The topological polar surface area (TPSA) is 54.5 Å². The van der Waals surface area contributed by atoms with E-state index in [2.05, 4.69) is 0 Å². The van der Waals surface area contributed by atoms with E-state index in [-0.39, 0.29) is 23.8 Å². The zero-order valence-electron chi connectivity index (χ0n) is 11.5. The molecule has 20 heavy (non-hydrogen) atoms. The van der Waals surface area contributed by atoms with Crippen LogP contribution in [0.3, 0.4) is 0 Å². The van der Waals surface area contributed by atoms with E-state index in [9.17, 15) is 13.2 Å². The average Bonchev–Trinajstić information content (AvgIpc) is 2.45. The molecule has 0 spiro atoms. The molecule has 3 rings (SSSR count). The lowest BCUT2D eigenvalue weighted by molar-refractivity contribution is -0.129. The van der Waals surface area contributed by atoms with Crippen molar-refractivity contribution in [1.82, 2.24) is 4.31 Å². The SMILES string of the molecule is C[C@H]1C(=O)C[C@@H]2CCC[C@H]1N2S(=O)(=O)c1ccccc1. The van der Waals surface area contributed by atoms with Crippen LogP contribution < -0.4 is 0 Å². The number of hydrogen-bond donors (Lipinski definition) is 0. The van der Waals surface area contributed by atoms with E-state index in [0.29, 0.717) is 11.3 Å². The first-order chi connectivity index (χ1) is 9.51. The van der Waals surface area contributed by atoms with Crippen LogP contribution in [0.5, 0.6) is 0 Å². The van der Waals surface area contributed by atoms with Crippen LogP contribution in [0.1, 0.15) is 32.6 Å². The zero-order chi connectivity index (χ0) is 14.3. The van der Waals surface area contributed by atoms with Crippen LogP contribution in [0.2, 0.25) is 0 Å². The Morgan fingerprint density at radius 2 is 1.85 bits per heavy atom. The molecule has 1 aromatic carbocycles. The van der Waals surface area contributed by atoms with Crippen molar-refractivity contribution in [1.29, 1.82) is 0 Å². The van der Waals surface area contributed by atoms with Crippen molar-refractivity contribution in [2.75, 3.05) is 0 Å². The summed E-state index contributed by atoms with van der Waals surface area (Å²) in [6, 6.07) is 8.23. The highest BCUT2D eigenvalue weighted by Crippen LogP contribution is 2.39. The van der Waals surface area contributed by atoms with Gasteiger partial charge >= 0.3 is 0 Å². The first kappa shape index (κ1) is 13.8. The molecule has 2 bridgehead atoms. The molecule has 5 heteroatoms. The molecule has 2 aliphatic rings. The van der Waals surface area contributed by atoms with Crippen molar-refractivity contribution in [2.45, 2.75) is 49.6 Å². The third kappa shape index (κ3) is 2.09. The zero-order valence-corrected chi connectivity index (χ0v) is 12.3. The molecule has 0 aliphatic carbocycles. The number of Topliss-reactive ketones (excluding diaryl/α,β-unsaturated/α-hetero) is 1. The molecule has 0 aromatic heterocycles. The Labute approximate surface area is 119 Å². The number of rotatable bonds is 2. The second kappa shape index (κ2) is 4.97. The fraction of sp³-hybridized carbons (Fsp3) is 0.533. The highest BCUT2D eigenvalue weighted by Gasteiger charge is 2.48. The van der Waals surface area contributed by atoms with Gasteiger partial charge in [0.1, 0.15) is 5.78 Å². The summed E-state index contributed by atoms with van der Waals surface area (Å²) in [6.45, 7) is 1.86. The Kier molecular flexibility index (Phi) is 3.42. The minimum absolute atomic E-state index is 0.150. The summed E-state index contributed by atoms with van der Waals surface area (Å²) in [7, 11) is -3.50. The van der Waals surface area contributed by atoms with Gasteiger partial charge in [-0.3, -0.25) is 4.79 Å². The van der Waals surface area contributed by atoms with Gasteiger partial charge in [0.05, 0.1) is 4.90 Å². The molecule has 2 aliphatic heterocycles. The molecular formula is C15H19NO3S. The molecular weight excluding hydrogens is 274 g/mol. The Bertz CT molecular complexity index is 611. The maximum atomic E-state index is 12.9. The van der Waals surface area contributed by atoms with Crippen molar-refractivity contribution in [3.63, 3.8) is 0 Å². The fourth-order valence-electron chi connectivity index (χ4n) is 3.47. The lowest BCUT2D eigenvalue weighted by atomic mass is 9.79. The van der Waals surface area contributed by atoms with E-state index >= 15 is 0 Å².